The molecule has 1 aliphatic carbocycles. The summed E-state index contributed by atoms with van der Waals surface area (Å²) >= 11 is 0. The minimum absolute atomic E-state index is 0.270. The molecule has 15 heavy (non-hydrogen) atoms. The fraction of sp³-hybridized carbons (Fsp3) is 0.538. The molecule has 1 aromatic rings. The Hall–Kier alpha value is -1.20. The van der Waals surface area contributed by atoms with E-state index in [4.69, 9.17) is 6.42 Å². The second-order valence-electron chi connectivity index (χ2n) is 4.29. The molecule has 0 amide bonds. The van der Waals surface area contributed by atoms with Gasteiger partial charge >= 0.3 is 0 Å². The first-order valence-corrected chi connectivity index (χ1v) is 5.55. The van der Waals surface area contributed by atoms with Gasteiger partial charge in [-0.25, -0.2) is 0 Å². The minimum atomic E-state index is -0.270. The van der Waals surface area contributed by atoms with Crippen molar-refractivity contribution in [2.24, 2.45) is 0 Å². The molecule has 80 valence electrons. The lowest BCUT2D eigenvalue weighted by molar-refractivity contribution is 0.155. The summed E-state index contributed by atoms with van der Waals surface area (Å²) in [4.78, 5) is 0. The summed E-state index contributed by atoms with van der Waals surface area (Å²) < 4.78 is 2.22. The van der Waals surface area contributed by atoms with Gasteiger partial charge in [0, 0.05) is 29.9 Å². The minimum Gasteiger partial charge on any atom is -0.388 e. The first-order valence-electron chi connectivity index (χ1n) is 5.55. The summed E-state index contributed by atoms with van der Waals surface area (Å²) in [5.41, 5.74) is 2.38. The normalized spacial score (nSPS) is 21.8. The van der Waals surface area contributed by atoms with Crippen LogP contribution >= 0.6 is 0 Å². The van der Waals surface area contributed by atoms with Gasteiger partial charge in [-0.2, -0.15) is 0 Å². The van der Waals surface area contributed by atoms with Crippen molar-refractivity contribution in [2.75, 3.05) is 0 Å². The maximum absolute atomic E-state index is 9.83. The highest BCUT2D eigenvalue weighted by Crippen LogP contribution is 2.32. The van der Waals surface area contributed by atoms with Crippen molar-refractivity contribution in [1.82, 2.24) is 4.57 Å². The maximum atomic E-state index is 9.83. The molecule has 0 radical (unpaired) electrons. The summed E-state index contributed by atoms with van der Waals surface area (Å²) in [5.74, 6) is 2.69. The number of aromatic nitrogens is 1. The molecule has 0 saturated carbocycles. The van der Waals surface area contributed by atoms with Gasteiger partial charge in [-0.1, -0.05) is 0 Å². The molecule has 0 fully saturated rings. The van der Waals surface area contributed by atoms with E-state index in [0.29, 0.717) is 6.04 Å². The molecule has 1 N–H and O–H groups in total. The number of aliphatic hydroxyl groups is 1. The number of terminal acetylenes is 1. The fourth-order valence-electron chi connectivity index (χ4n) is 2.37. The average molecular weight is 203 g/mol. The zero-order chi connectivity index (χ0) is 10.8. The van der Waals surface area contributed by atoms with E-state index in [9.17, 15) is 5.11 Å². The van der Waals surface area contributed by atoms with Gasteiger partial charge in [-0.05, 0) is 32.3 Å². The quantitative estimate of drug-likeness (QED) is 0.734. The van der Waals surface area contributed by atoms with Crippen LogP contribution in [-0.2, 0) is 6.42 Å². The zero-order valence-corrected chi connectivity index (χ0v) is 9.11. The number of hydrogen-bond donors (Lipinski definition) is 1. The summed E-state index contributed by atoms with van der Waals surface area (Å²) in [6, 6.07) is 2.37. The van der Waals surface area contributed by atoms with Crippen LogP contribution in [0, 0.1) is 12.3 Å². The van der Waals surface area contributed by atoms with Crippen molar-refractivity contribution in [3.8, 4) is 12.3 Å². The van der Waals surface area contributed by atoms with Gasteiger partial charge in [-0.15, -0.1) is 12.3 Å². The standard InChI is InChI=1S/C13H17NO/c1-3-5-10(2)14-9-8-11-12(14)6-4-7-13(11)15/h1,8-10,13,15H,4-7H2,2H3. The Morgan fingerprint density at radius 1 is 1.73 bits per heavy atom. The Morgan fingerprint density at radius 2 is 2.53 bits per heavy atom. The summed E-state index contributed by atoms with van der Waals surface area (Å²) in [7, 11) is 0. The van der Waals surface area contributed by atoms with E-state index >= 15 is 0 Å². The van der Waals surface area contributed by atoms with Gasteiger partial charge in [0.1, 0.15) is 0 Å². The second-order valence-corrected chi connectivity index (χ2v) is 4.29. The van der Waals surface area contributed by atoms with Gasteiger partial charge in [0.2, 0.25) is 0 Å². The molecule has 1 heterocycles. The molecule has 2 rings (SSSR count). The fourth-order valence-corrected chi connectivity index (χ4v) is 2.37. The topological polar surface area (TPSA) is 25.2 Å². The molecule has 1 aliphatic rings. The molecule has 2 unspecified atom stereocenters. The van der Waals surface area contributed by atoms with E-state index in [1.54, 1.807) is 0 Å². The van der Waals surface area contributed by atoms with Crippen molar-refractivity contribution in [2.45, 2.75) is 44.8 Å². The van der Waals surface area contributed by atoms with Gasteiger partial charge in [0.15, 0.2) is 0 Å². The van der Waals surface area contributed by atoms with E-state index in [1.807, 2.05) is 6.07 Å². The van der Waals surface area contributed by atoms with Crippen molar-refractivity contribution in [3.05, 3.63) is 23.5 Å². The number of hydrogen-bond acceptors (Lipinski definition) is 1. The monoisotopic (exact) mass is 203 g/mol. The van der Waals surface area contributed by atoms with E-state index in [0.717, 1.165) is 31.2 Å². The highest BCUT2D eigenvalue weighted by atomic mass is 16.3. The van der Waals surface area contributed by atoms with Crippen LogP contribution < -0.4 is 0 Å². The van der Waals surface area contributed by atoms with Crippen LogP contribution in [0.5, 0.6) is 0 Å². The van der Waals surface area contributed by atoms with Gasteiger partial charge in [0.05, 0.1) is 6.10 Å². The Morgan fingerprint density at radius 3 is 3.27 bits per heavy atom. The Balaban J connectivity index is 2.31. The van der Waals surface area contributed by atoms with Crippen molar-refractivity contribution in [3.63, 3.8) is 0 Å². The van der Waals surface area contributed by atoms with Crippen LogP contribution in [0.1, 0.15) is 49.6 Å². The summed E-state index contributed by atoms with van der Waals surface area (Å²) in [5, 5.41) is 9.83. The van der Waals surface area contributed by atoms with Gasteiger partial charge < -0.3 is 9.67 Å². The molecule has 0 bridgehead atoms. The molecule has 0 aromatic carbocycles. The SMILES string of the molecule is C#CCC(C)n1ccc2c1CCCC2O. The van der Waals surface area contributed by atoms with E-state index in [-0.39, 0.29) is 6.10 Å². The van der Waals surface area contributed by atoms with Crippen molar-refractivity contribution < 1.29 is 5.11 Å². The molecular weight excluding hydrogens is 186 g/mol. The number of fused-ring (bicyclic) bond motifs is 1. The lowest BCUT2D eigenvalue weighted by Crippen LogP contribution is -2.14. The smallest absolute Gasteiger partial charge is 0.0807 e. The average Bonchev–Trinajstić information content (AvgIpc) is 2.63. The molecular formula is C13H17NO. The third-order valence-corrected chi connectivity index (χ3v) is 3.20. The molecule has 1 aromatic heterocycles. The Labute approximate surface area is 90.9 Å². The van der Waals surface area contributed by atoms with Crippen LogP contribution in [-0.4, -0.2) is 9.67 Å². The predicted molar refractivity (Wildman–Crippen MR) is 60.5 cm³/mol. The third-order valence-electron chi connectivity index (χ3n) is 3.20. The Bertz CT molecular complexity index is 386. The first kappa shape index (κ1) is 10.3. The largest absolute Gasteiger partial charge is 0.388 e. The Kier molecular flexibility index (Phi) is 2.83. The highest BCUT2D eigenvalue weighted by molar-refractivity contribution is 5.28. The van der Waals surface area contributed by atoms with E-state index in [2.05, 4.69) is 23.6 Å². The van der Waals surface area contributed by atoms with Crippen molar-refractivity contribution >= 4 is 0 Å². The number of nitrogens with zero attached hydrogens (tertiary/aromatic N) is 1. The molecule has 2 nitrogen and oxygen atoms in total. The van der Waals surface area contributed by atoms with Crippen LogP contribution in [0.3, 0.4) is 0 Å². The third kappa shape index (κ3) is 1.80. The molecule has 0 spiro atoms. The van der Waals surface area contributed by atoms with Crippen LogP contribution in [0.25, 0.3) is 0 Å². The summed E-state index contributed by atoms with van der Waals surface area (Å²) in [6.45, 7) is 2.13. The summed E-state index contributed by atoms with van der Waals surface area (Å²) in [6.07, 6.45) is 10.9. The van der Waals surface area contributed by atoms with E-state index in [1.165, 1.54) is 5.69 Å². The van der Waals surface area contributed by atoms with Crippen molar-refractivity contribution in [1.29, 1.82) is 0 Å². The highest BCUT2D eigenvalue weighted by Gasteiger charge is 2.22. The molecule has 2 heteroatoms. The maximum Gasteiger partial charge on any atom is 0.0807 e. The predicted octanol–water partition coefficient (Wildman–Crippen LogP) is 2.44. The molecule has 0 saturated heterocycles. The zero-order valence-electron chi connectivity index (χ0n) is 9.11. The number of rotatable bonds is 2. The first-order chi connectivity index (χ1) is 7.24. The number of aliphatic hydroxyl groups excluding tert-OH is 1. The van der Waals surface area contributed by atoms with Gasteiger partial charge in [-0.3, -0.25) is 0 Å². The van der Waals surface area contributed by atoms with Crippen LogP contribution in [0.4, 0.5) is 0 Å². The van der Waals surface area contributed by atoms with Crippen LogP contribution in [0.15, 0.2) is 12.3 Å². The van der Waals surface area contributed by atoms with Crippen LogP contribution in [0.2, 0.25) is 0 Å². The molecule has 2 atom stereocenters. The molecule has 0 aliphatic heterocycles. The lowest BCUT2D eigenvalue weighted by atomic mass is 9.95. The second kappa shape index (κ2) is 4.12. The van der Waals surface area contributed by atoms with E-state index < -0.39 is 0 Å². The van der Waals surface area contributed by atoms with Gasteiger partial charge in [0.25, 0.3) is 0 Å². The lowest BCUT2D eigenvalue weighted by Gasteiger charge is -2.22.